The molecule has 0 saturated carbocycles. The van der Waals surface area contributed by atoms with Crippen LogP contribution in [0.4, 0.5) is 4.79 Å². The number of ether oxygens (including phenoxy) is 3. The van der Waals surface area contributed by atoms with Gasteiger partial charge in [-0.05, 0) is 62.6 Å². The van der Waals surface area contributed by atoms with Crippen LogP contribution in [0.1, 0.15) is 55.4 Å². The van der Waals surface area contributed by atoms with E-state index in [0.717, 1.165) is 39.0 Å². The van der Waals surface area contributed by atoms with Crippen LogP contribution < -0.4 is 9.47 Å². The van der Waals surface area contributed by atoms with E-state index in [2.05, 4.69) is 49.4 Å². The van der Waals surface area contributed by atoms with Crippen LogP contribution in [-0.2, 0) is 11.3 Å². The minimum absolute atomic E-state index is 0.0767. The van der Waals surface area contributed by atoms with Crippen molar-refractivity contribution in [2.24, 2.45) is 0 Å². The molecule has 5 rings (SSSR count). The number of hydrogen-bond donors (Lipinski definition) is 0. The van der Waals surface area contributed by atoms with Crippen LogP contribution >= 0.6 is 0 Å². The number of carbonyl (C=O) groups excluding carboxylic acids is 1. The summed E-state index contributed by atoms with van der Waals surface area (Å²) >= 11 is 0. The van der Waals surface area contributed by atoms with Gasteiger partial charge in [-0.1, -0.05) is 78.4 Å². The number of benzene rings is 4. The molecule has 1 aliphatic rings. The monoisotopic (exact) mass is 523 g/mol. The standard InChI is InChI=1S/C34H37NO4/c1-23-17-18-31(37-5)30(19-23)29-20-26(38-32-16-9-8-15-28(29)32)22-35(33(36)39-34(2,3)4)21-25-13-10-12-24-11-6-7-14-27(24)25/h6-19,26,29H,20-22H2,1-5H3. The predicted molar refractivity (Wildman–Crippen MR) is 156 cm³/mol. The van der Waals surface area contributed by atoms with Crippen molar-refractivity contribution in [2.45, 2.75) is 58.3 Å². The highest BCUT2D eigenvalue weighted by Crippen LogP contribution is 2.44. The van der Waals surface area contributed by atoms with Crippen molar-refractivity contribution in [3.05, 3.63) is 107 Å². The first-order chi connectivity index (χ1) is 18.7. The first-order valence-electron chi connectivity index (χ1n) is 13.6. The van der Waals surface area contributed by atoms with Gasteiger partial charge in [0.1, 0.15) is 23.2 Å². The second kappa shape index (κ2) is 11.0. The lowest BCUT2D eigenvalue weighted by Gasteiger charge is -2.36. The van der Waals surface area contributed by atoms with Gasteiger partial charge >= 0.3 is 6.09 Å². The molecule has 0 radical (unpaired) electrons. The average Bonchev–Trinajstić information content (AvgIpc) is 2.91. The topological polar surface area (TPSA) is 48.0 Å². The van der Waals surface area contributed by atoms with Gasteiger partial charge in [0.2, 0.25) is 0 Å². The third-order valence-electron chi connectivity index (χ3n) is 7.16. The number of aryl methyl sites for hydroxylation is 1. The van der Waals surface area contributed by atoms with E-state index in [1.807, 2.05) is 63.2 Å². The number of fused-ring (bicyclic) bond motifs is 2. The van der Waals surface area contributed by atoms with E-state index in [1.165, 1.54) is 5.56 Å². The van der Waals surface area contributed by atoms with E-state index in [4.69, 9.17) is 14.2 Å². The molecule has 5 nitrogen and oxygen atoms in total. The second-order valence-corrected chi connectivity index (χ2v) is 11.3. The molecule has 0 bridgehead atoms. The van der Waals surface area contributed by atoms with Crippen molar-refractivity contribution in [2.75, 3.05) is 13.7 Å². The molecular formula is C34H37NO4. The molecule has 2 atom stereocenters. The molecule has 0 aliphatic carbocycles. The molecule has 0 spiro atoms. The Morgan fingerprint density at radius 2 is 1.69 bits per heavy atom. The van der Waals surface area contributed by atoms with E-state index in [9.17, 15) is 4.79 Å². The largest absolute Gasteiger partial charge is 0.496 e. The van der Waals surface area contributed by atoms with E-state index in [-0.39, 0.29) is 18.1 Å². The number of nitrogens with zero attached hydrogens (tertiary/aromatic N) is 1. The van der Waals surface area contributed by atoms with Gasteiger partial charge in [-0.25, -0.2) is 4.79 Å². The van der Waals surface area contributed by atoms with Gasteiger partial charge in [0.05, 0.1) is 13.7 Å². The Kier molecular flexibility index (Phi) is 7.51. The first-order valence-corrected chi connectivity index (χ1v) is 13.6. The van der Waals surface area contributed by atoms with E-state index < -0.39 is 5.60 Å². The van der Waals surface area contributed by atoms with Crippen LogP contribution in [0.2, 0.25) is 0 Å². The molecule has 39 heavy (non-hydrogen) atoms. The quantitative estimate of drug-likeness (QED) is 0.258. The molecule has 2 unspecified atom stereocenters. The molecule has 202 valence electrons. The van der Waals surface area contributed by atoms with E-state index in [0.29, 0.717) is 19.5 Å². The molecule has 1 aliphatic heterocycles. The number of para-hydroxylation sites is 1. The highest BCUT2D eigenvalue weighted by molar-refractivity contribution is 5.86. The zero-order chi connectivity index (χ0) is 27.6. The summed E-state index contributed by atoms with van der Waals surface area (Å²) in [5, 5.41) is 2.28. The van der Waals surface area contributed by atoms with Gasteiger partial charge in [-0.3, -0.25) is 0 Å². The van der Waals surface area contributed by atoms with E-state index >= 15 is 0 Å². The van der Waals surface area contributed by atoms with Gasteiger partial charge in [0.15, 0.2) is 0 Å². The molecule has 4 aromatic carbocycles. The van der Waals surface area contributed by atoms with Crippen molar-refractivity contribution < 1.29 is 19.0 Å². The Hall–Kier alpha value is -3.99. The van der Waals surface area contributed by atoms with Crippen LogP contribution in [0, 0.1) is 6.92 Å². The minimum atomic E-state index is -0.606. The van der Waals surface area contributed by atoms with Crippen molar-refractivity contribution >= 4 is 16.9 Å². The van der Waals surface area contributed by atoms with Crippen LogP contribution in [0.15, 0.2) is 84.9 Å². The Morgan fingerprint density at radius 1 is 0.949 bits per heavy atom. The summed E-state index contributed by atoms with van der Waals surface area (Å²) in [6.07, 6.45) is 0.145. The minimum Gasteiger partial charge on any atom is -0.496 e. The number of amides is 1. The van der Waals surface area contributed by atoms with Gasteiger partial charge in [0, 0.05) is 23.6 Å². The third-order valence-corrected chi connectivity index (χ3v) is 7.16. The van der Waals surface area contributed by atoms with Crippen molar-refractivity contribution in [1.29, 1.82) is 0 Å². The Labute approximate surface area is 231 Å². The zero-order valence-corrected chi connectivity index (χ0v) is 23.4. The van der Waals surface area contributed by atoms with Gasteiger partial charge < -0.3 is 19.1 Å². The van der Waals surface area contributed by atoms with Gasteiger partial charge in [-0.2, -0.15) is 0 Å². The lowest BCUT2D eigenvalue weighted by Crippen LogP contribution is -2.43. The van der Waals surface area contributed by atoms with Crippen LogP contribution in [-0.4, -0.2) is 36.4 Å². The van der Waals surface area contributed by atoms with Crippen molar-refractivity contribution in [3.8, 4) is 11.5 Å². The lowest BCUT2D eigenvalue weighted by atomic mass is 9.83. The molecule has 4 aromatic rings. The summed E-state index contributed by atoms with van der Waals surface area (Å²) < 4.78 is 18.2. The number of hydrogen-bond acceptors (Lipinski definition) is 4. The van der Waals surface area contributed by atoms with E-state index in [1.54, 1.807) is 12.0 Å². The zero-order valence-electron chi connectivity index (χ0n) is 23.4. The third kappa shape index (κ3) is 6.03. The summed E-state index contributed by atoms with van der Waals surface area (Å²) in [6, 6.07) is 29.0. The molecule has 0 saturated heterocycles. The van der Waals surface area contributed by atoms with Crippen LogP contribution in [0.3, 0.4) is 0 Å². The maximum Gasteiger partial charge on any atom is 0.410 e. The maximum atomic E-state index is 13.5. The molecule has 0 aromatic heterocycles. The normalized spacial score (nSPS) is 16.7. The Bertz CT molecular complexity index is 1470. The summed E-state index contributed by atoms with van der Waals surface area (Å²) in [4.78, 5) is 15.3. The Balaban J connectivity index is 1.49. The fraction of sp³-hybridized carbons (Fsp3) is 0.324. The molecular weight excluding hydrogens is 486 g/mol. The van der Waals surface area contributed by atoms with Crippen LogP contribution in [0.5, 0.6) is 11.5 Å². The summed E-state index contributed by atoms with van der Waals surface area (Å²) in [6.45, 7) is 8.62. The fourth-order valence-electron chi connectivity index (χ4n) is 5.44. The molecule has 0 fully saturated rings. The summed E-state index contributed by atoms with van der Waals surface area (Å²) in [5.74, 6) is 1.78. The SMILES string of the molecule is COc1ccc(C)cc1C1CC(CN(Cc2cccc3ccccc23)C(=O)OC(C)(C)C)Oc2ccccc21. The number of rotatable bonds is 6. The highest BCUT2D eigenvalue weighted by Gasteiger charge is 2.34. The first kappa shape index (κ1) is 26.6. The predicted octanol–water partition coefficient (Wildman–Crippen LogP) is 7.88. The van der Waals surface area contributed by atoms with Crippen molar-refractivity contribution in [1.82, 2.24) is 4.90 Å². The molecule has 0 N–H and O–H groups in total. The fourth-order valence-corrected chi connectivity index (χ4v) is 5.44. The van der Waals surface area contributed by atoms with Gasteiger partial charge in [-0.15, -0.1) is 0 Å². The smallest absolute Gasteiger partial charge is 0.410 e. The Morgan fingerprint density at radius 3 is 2.49 bits per heavy atom. The molecule has 5 heteroatoms. The van der Waals surface area contributed by atoms with Gasteiger partial charge in [0.25, 0.3) is 0 Å². The summed E-state index contributed by atoms with van der Waals surface area (Å²) in [5.41, 5.74) is 3.92. The average molecular weight is 524 g/mol. The number of carbonyl (C=O) groups is 1. The van der Waals surface area contributed by atoms with Crippen molar-refractivity contribution in [3.63, 3.8) is 0 Å². The molecule has 1 heterocycles. The summed E-state index contributed by atoms with van der Waals surface area (Å²) in [7, 11) is 1.71. The number of methoxy groups -OCH3 is 1. The molecule has 1 amide bonds. The maximum absolute atomic E-state index is 13.5. The lowest BCUT2D eigenvalue weighted by molar-refractivity contribution is 0.0129. The second-order valence-electron chi connectivity index (χ2n) is 11.3. The van der Waals surface area contributed by atoms with Crippen LogP contribution in [0.25, 0.3) is 10.8 Å². The highest BCUT2D eigenvalue weighted by atomic mass is 16.6.